The second-order valence-corrected chi connectivity index (χ2v) is 7.91. The molecule has 0 atom stereocenters. The van der Waals surface area contributed by atoms with Crippen LogP contribution < -0.4 is 10.8 Å². The minimum absolute atomic E-state index is 0.170. The summed E-state index contributed by atoms with van der Waals surface area (Å²) in [6.45, 7) is 7.37. The molecule has 88 valence electrons. The molecule has 0 radical (unpaired) electrons. The summed E-state index contributed by atoms with van der Waals surface area (Å²) in [5, 5.41) is 19.2. The Morgan fingerprint density at radius 3 is 2.19 bits per heavy atom. The first-order chi connectivity index (χ1) is 7.23. The van der Waals surface area contributed by atoms with Gasteiger partial charge in [-0.15, -0.1) is 0 Å². The molecule has 0 amide bonds. The summed E-state index contributed by atoms with van der Waals surface area (Å²) < 4.78 is 11.9. The lowest BCUT2D eigenvalue weighted by molar-refractivity contribution is 0.425. The molecule has 3 nitrogen and oxygen atoms in total. The van der Waals surface area contributed by atoms with Crippen LogP contribution in [0.4, 0.5) is 0 Å². The van der Waals surface area contributed by atoms with E-state index in [2.05, 4.69) is 0 Å². The molecule has 0 saturated carbocycles. The van der Waals surface area contributed by atoms with Gasteiger partial charge in [0.05, 0.1) is 0 Å². The van der Waals surface area contributed by atoms with Crippen molar-refractivity contribution in [3.8, 4) is 0 Å². The van der Waals surface area contributed by atoms with Crippen LogP contribution in [0.15, 0.2) is 18.2 Å². The van der Waals surface area contributed by atoms with E-state index in [0.717, 1.165) is 10.9 Å². The van der Waals surface area contributed by atoms with Gasteiger partial charge in [0.1, 0.15) is 7.14 Å². The van der Waals surface area contributed by atoms with Crippen LogP contribution in [-0.4, -0.2) is 30.5 Å². The van der Waals surface area contributed by atoms with Crippen LogP contribution in [0.3, 0.4) is 0 Å². The zero-order valence-electron chi connectivity index (χ0n) is 10.1. The van der Waals surface area contributed by atoms with E-state index in [0.29, 0.717) is 5.46 Å². The molecule has 0 aliphatic carbocycles. The first-order valence-electron chi connectivity index (χ1n) is 5.29. The maximum atomic E-state index is 11.9. The Balaban J connectivity index is 3.34. The summed E-state index contributed by atoms with van der Waals surface area (Å²) >= 11 is 0. The standard InChI is InChI=1S/C11H18BO3P/c1-8(2)10-7-9(16(3,4)15)5-6-11(10)12(13)14/h5-8,13-14H,1-4H3. The Morgan fingerprint density at radius 2 is 1.81 bits per heavy atom. The van der Waals surface area contributed by atoms with Gasteiger partial charge in [-0.3, -0.25) is 0 Å². The summed E-state index contributed by atoms with van der Waals surface area (Å²) in [5.41, 5.74) is 1.34. The predicted molar refractivity (Wildman–Crippen MR) is 69.4 cm³/mol. The maximum Gasteiger partial charge on any atom is 0.488 e. The molecule has 0 unspecified atom stereocenters. The second-order valence-electron chi connectivity index (χ2n) is 4.69. The third kappa shape index (κ3) is 2.97. The summed E-state index contributed by atoms with van der Waals surface area (Å²) in [6, 6.07) is 5.18. The first-order valence-corrected chi connectivity index (χ1v) is 7.89. The monoisotopic (exact) mass is 240 g/mol. The van der Waals surface area contributed by atoms with Gasteiger partial charge in [-0.25, -0.2) is 0 Å². The highest BCUT2D eigenvalue weighted by atomic mass is 31.2. The van der Waals surface area contributed by atoms with Crippen molar-refractivity contribution in [3.05, 3.63) is 23.8 Å². The van der Waals surface area contributed by atoms with Gasteiger partial charge < -0.3 is 14.6 Å². The fraction of sp³-hybridized carbons (Fsp3) is 0.455. The lowest BCUT2D eigenvalue weighted by Crippen LogP contribution is -2.34. The lowest BCUT2D eigenvalue weighted by atomic mass is 9.74. The minimum Gasteiger partial charge on any atom is -0.423 e. The summed E-state index contributed by atoms with van der Waals surface area (Å²) in [6.07, 6.45) is 0. The van der Waals surface area contributed by atoms with Gasteiger partial charge in [-0.2, -0.15) is 0 Å². The summed E-state index contributed by atoms with van der Waals surface area (Å²) in [5.74, 6) is 0.170. The molecule has 1 rings (SSSR count). The second kappa shape index (κ2) is 4.74. The molecule has 0 saturated heterocycles. The van der Waals surface area contributed by atoms with Gasteiger partial charge in [-0.05, 0) is 36.3 Å². The normalized spacial score (nSPS) is 11.9. The van der Waals surface area contributed by atoms with Crippen LogP contribution in [0.25, 0.3) is 0 Å². The van der Waals surface area contributed by atoms with Gasteiger partial charge in [0.2, 0.25) is 0 Å². The maximum absolute atomic E-state index is 11.9. The highest BCUT2D eigenvalue weighted by molar-refractivity contribution is 7.70. The zero-order chi connectivity index (χ0) is 12.5. The van der Waals surface area contributed by atoms with Crippen LogP contribution >= 0.6 is 7.14 Å². The van der Waals surface area contributed by atoms with Crippen LogP contribution in [0.1, 0.15) is 25.3 Å². The van der Waals surface area contributed by atoms with E-state index in [1.54, 1.807) is 25.5 Å². The number of rotatable bonds is 3. The van der Waals surface area contributed by atoms with Crippen molar-refractivity contribution in [2.24, 2.45) is 0 Å². The Bertz CT molecular complexity index is 423. The van der Waals surface area contributed by atoms with E-state index in [9.17, 15) is 14.6 Å². The highest BCUT2D eigenvalue weighted by Crippen LogP contribution is 2.34. The first kappa shape index (κ1) is 13.5. The van der Waals surface area contributed by atoms with Crippen molar-refractivity contribution in [2.45, 2.75) is 19.8 Å². The molecular weight excluding hydrogens is 222 g/mol. The Hall–Kier alpha value is -0.565. The molecule has 0 fully saturated rings. The molecule has 16 heavy (non-hydrogen) atoms. The van der Waals surface area contributed by atoms with Crippen LogP contribution in [-0.2, 0) is 4.57 Å². The van der Waals surface area contributed by atoms with Crippen molar-refractivity contribution < 1.29 is 14.6 Å². The number of hydrogen-bond donors (Lipinski definition) is 2. The Morgan fingerprint density at radius 1 is 1.25 bits per heavy atom. The SMILES string of the molecule is CC(C)c1cc(P(C)(C)=O)ccc1B(O)O. The van der Waals surface area contributed by atoms with Crippen molar-refractivity contribution >= 4 is 25.0 Å². The van der Waals surface area contributed by atoms with Crippen LogP contribution in [0.5, 0.6) is 0 Å². The molecule has 0 spiro atoms. The smallest absolute Gasteiger partial charge is 0.423 e. The quantitative estimate of drug-likeness (QED) is 0.605. The molecule has 1 aromatic rings. The molecule has 0 aromatic heterocycles. The van der Waals surface area contributed by atoms with Crippen molar-refractivity contribution in [2.75, 3.05) is 13.3 Å². The summed E-state index contributed by atoms with van der Waals surface area (Å²) in [4.78, 5) is 0. The molecule has 0 aliphatic heterocycles. The predicted octanol–water partition coefficient (Wildman–Crippen LogP) is 0.738. The zero-order valence-corrected chi connectivity index (χ0v) is 11.0. The van der Waals surface area contributed by atoms with Crippen molar-refractivity contribution in [1.82, 2.24) is 0 Å². The lowest BCUT2D eigenvalue weighted by Gasteiger charge is -2.16. The van der Waals surface area contributed by atoms with E-state index in [-0.39, 0.29) is 5.92 Å². The number of hydrogen-bond acceptors (Lipinski definition) is 3. The average molecular weight is 240 g/mol. The van der Waals surface area contributed by atoms with E-state index in [1.165, 1.54) is 0 Å². The molecule has 0 bridgehead atoms. The van der Waals surface area contributed by atoms with E-state index >= 15 is 0 Å². The Kier molecular flexibility index (Phi) is 4.00. The van der Waals surface area contributed by atoms with Gasteiger partial charge in [0.15, 0.2) is 0 Å². The van der Waals surface area contributed by atoms with Gasteiger partial charge >= 0.3 is 7.12 Å². The van der Waals surface area contributed by atoms with Gasteiger partial charge in [0.25, 0.3) is 0 Å². The van der Waals surface area contributed by atoms with Gasteiger partial charge in [0, 0.05) is 5.30 Å². The third-order valence-electron chi connectivity index (χ3n) is 2.59. The fourth-order valence-corrected chi connectivity index (χ4v) is 2.52. The molecule has 2 N–H and O–H groups in total. The largest absolute Gasteiger partial charge is 0.488 e. The van der Waals surface area contributed by atoms with Gasteiger partial charge in [-0.1, -0.05) is 26.0 Å². The van der Waals surface area contributed by atoms with Crippen molar-refractivity contribution in [3.63, 3.8) is 0 Å². The molecule has 1 aromatic carbocycles. The molecular formula is C11H18BO3P. The summed E-state index contributed by atoms with van der Waals surface area (Å²) in [7, 11) is -3.77. The molecule has 0 heterocycles. The highest BCUT2D eigenvalue weighted by Gasteiger charge is 2.20. The Labute approximate surface area is 97.0 Å². The van der Waals surface area contributed by atoms with E-state index in [1.807, 2.05) is 19.9 Å². The number of benzene rings is 1. The van der Waals surface area contributed by atoms with Crippen LogP contribution in [0, 0.1) is 0 Å². The molecule has 5 heteroatoms. The van der Waals surface area contributed by atoms with Crippen LogP contribution in [0.2, 0.25) is 0 Å². The van der Waals surface area contributed by atoms with E-state index < -0.39 is 14.3 Å². The topological polar surface area (TPSA) is 57.5 Å². The minimum atomic E-state index is -2.30. The van der Waals surface area contributed by atoms with E-state index in [4.69, 9.17) is 0 Å². The molecule has 0 aliphatic rings. The third-order valence-corrected chi connectivity index (χ3v) is 4.11. The van der Waals surface area contributed by atoms with Crippen molar-refractivity contribution in [1.29, 1.82) is 0 Å². The fourth-order valence-electron chi connectivity index (χ4n) is 1.63. The average Bonchev–Trinajstić information content (AvgIpc) is 2.15.